The number of hydrogen-bond donors (Lipinski definition) is 0. The summed E-state index contributed by atoms with van der Waals surface area (Å²) in [5.74, 6) is 0. The maximum absolute atomic E-state index is 4.88. The van der Waals surface area contributed by atoms with Gasteiger partial charge < -0.3 is 29.9 Å². The van der Waals surface area contributed by atoms with Gasteiger partial charge in [0.05, 0.1) is 0 Å². The summed E-state index contributed by atoms with van der Waals surface area (Å²) in [4.78, 5) is 28.5. The summed E-state index contributed by atoms with van der Waals surface area (Å²) in [5, 5.41) is 0. The number of benzene rings is 11. The number of rotatable bonds is 15. The first-order valence-corrected chi connectivity index (χ1v) is 33.8. The van der Waals surface area contributed by atoms with Crippen molar-refractivity contribution in [2.45, 2.75) is 0 Å². The fourth-order valence-electron chi connectivity index (χ4n) is 13.0. The molecule has 104 heavy (non-hydrogen) atoms. The summed E-state index contributed by atoms with van der Waals surface area (Å²) in [6.07, 6.45) is 11.5. The molecule has 0 bridgehead atoms. The van der Waals surface area contributed by atoms with Crippen molar-refractivity contribution in [3.05, 3.63) is 401 Å². The summed E-state index contributed by atoms with van der Waals surface area (Å²) < 4.78 is 0. The second-order valence-corrected chi connectivity index (χ2v) is 24.4. The van der Waals surface area contributed by atoms with E-state index in [1.54, 1.807) is 6.20 Å². The van der Waals surface area contributed by atoms with Crippen molar-refractivity contribution < 1.29 is 40.2 Å². The Morgan fingerprint density at radius 3 is 0.721 bits per heavy atom. The zero-order valence-corrected chi connectivity index (χ0v) is 60.8. The average molecular weight is 1680 g/mol. The molecule has 6 nitrogen and oxygen atoms in total. The van der Waals surface area contributed by atoms with Gasteiger partial charge in [0.1, 0.15) is 0 Å². The Morgan fingerprint density at radius 1 is 0.183 bits per heavy atom. The van der Waals surface area contributed by atoms with Crippen LogP contribution >= 0.6 is 0 Å². The largest absolute Gasteiger partial charge is 3.00 e. The third-order valence-electron chi connectivity index (χ3n) is 18.1. The minimum absolute atomic E-state index is 0. The molecule has 0 unspecified atom stereocenters. The van der Waals surface area contributed by atoms with Crippen molar-refractivity contribution in [1.29, 1.82) is 0 Å². The maximum Gasteiger partial charge on any atom is 3.00 e. The normalized spacial score (nSPS) is 10.7. The van der Waals surface area contributed by atoms with Crippen molar-refractivity contribution in [2.75, 3.05) is 0 Å². The van der Waals surface area contributed by atoms with Gasteiger partial charge >= 0.3 is 40.2 Å². The Morgan fingerprint density at radius 2 is 0.452 bits per heavy atom. The van der Waals surface area contributed by atoms with E-state index in [9.17, 15) is 0 Å². The van der Waals surface area contributed by atoms with Gasteiger partial charge in [0, 0.05) is 24.8 Å². The molecule has 0 aliphatic rings. The smallest absolute Gasteiger partial charge is 0.357 e. The van der Waals surface area contributed by atoms with Gasteiger partial charge in [-0.05, 0) is 160 Å². The summed E-state index contributed by atoms with van der Waals surface area (Å²) in [6.45, 7) is 0. The molecule has 0 aliphatic heterocycles. The number of hydrogen-bond acceptors (Lipinski definition) is 6. The number of aromatic nitrogens is 6. The van der Waals surface area contributed by atoms with Crippen LogP contribution in [0, 0.1) is 36.4 Å². The molecule has 0 atom stereocenters. The summed E-state index contributed by atoms with van der Waals surface area (Å²) >= 11 is 0. The van der Waals surface area contributed by atoms with Gasteiger partial charge in [-0.25, -0.2) is 12.1 Å². The molecule has 17 rings (SSSR count). The Bertz CT molecular complexity index is 5200. The van der Waals surface area contributed by atoms with Crippen LogP contribution in [0.4, 0.5) is 0 Å². The van der Waals surface area contributed by atoms with Crippen LogP contribution in [0.25, 0.3) is 168 Å². The van der Waals surface area contributed by atoms with Gasteiger partial charge in [0.15, 0.2) is 0 Å². The predicted molar refractivity (Wildman–Crippen MR) is 414 cm³/mol. The van der Waals surface area contributed by atoms with Crippen LogP contribution in [0.15, 0.2) is 365 Å². The summed E-state index contributed by atoms with van der Waals surface area (Å²) in [5.41, 5.74) is 30.8. The Hall–Kier alpha value is -12.4. The average Bonchev–Trinajstić information content (AvgIpc) is 0.787. The van der Waals surface area contributed by atoms with E-state index >= 15 is 0 Å². The van der Waals surface area contributed by atoms with Gasteiger partial charge in [-0.15, -0.1) is 161 Å². The van der Waals surface area contributed by atoms with Crippen LogP contribution < -0.4 is 0 Å². The molecule has 6 heterocycles. The van der Waals surface area contributed by atoms with Crippen LogP contribution in [0.1, 0.15) is 0 Å². The number of nitrogens with zero attached hydrogens (tertiary/aromatic N) is 6. The predicted octanol–water partition coefficient (Wildman–Crippen LogP) is 23.5. The van der Waals surface area contributed by atoms with Crippen LogP contribution in [-0.2, 0) is 40.2 Å². The molecule has 0 spiro atoms. The topological polar surface area (TPSA) is 77.3 Å². The van der Waals surface area contributed by atoms with Crippen LogP contribution in [0.5, 0.6) is 0 Å². The van der Waals surface area contributed by atoms with Crippen LogP contribution in [0.3, 0.4) is 0 Å². The SMILES string of the molecule is [Ir+3].[Ir+3].[c-]1ccccc1-c1ccc(-c2ccccc2-c2cc(-c3ccccc3-c3c[c-]c(-c4[c-]cccn4)nc3)cc(-c3ccccc3-c3ccc(-c4[c-]cccc4)nc3)c2)cn1.[c-]1ccccc1-c1ccc(-c2ccccc2-c2cccc(-c3ccccc3-c3ccc(-c4[c-]cccc4)nc3)c2)cn1. The minimum atomic E-state index is 0. The molecule has 0 aliphatic carbocycles. The third-order valence-corrected chi connectivity index (χ3v) is 18.1. The molecule has 11 aromatic carbocycles. The molecule has 0 radical (unpaired) electrons. The summed E-state index contributed by atoms with van der Waals surface area (Å²) in [6, 6.07) is 132. The molecule has 17 aromatic rings. The Kier molecular flexibility index (Phi) is 21.5. The second-order valence-electron chi connectivity index (χ2n) is 24.4. The van der Waals surface area contributed by atoms with E-state index in [0.717, 1.165) is 145 Å². The monoisotopic (exact) mass is 1680 g/mol. The minimum Gasteiger partial charge on any atom is -0.357 e. The maximum atomic E-state index is 4.88. The van der Waals surface area contributed by atoms with Crippen molar-refractivity contribution in [1.82, 2.24) is 29.9 Å². The van der Waals surface area contributed by atoms with Gasteiger partial charge in [-0.3, -0.25) is 0 Å². The van der Waals surface area contributed by atoms with E-state index in [1.807, 2.05) is 146 Å². The van der Waals surface area contributed by atoms with Gasteiger partial charge in [0.25, 0.3) is 0 Å². The second kappa shape index (κ2) is 32.5. The molecule has 492 valence electrons. The molecular weight excluding hydrogens is 1620 g/mol. The third kappa shape index (κ3) is 15.3. The summed E-state index contributed by atoms with van der Waals surface area (Å²) in [7, 11) is 0. The van der Waals surface area contributed by atoms with E-state index in [-0.39, 0.29) is 40.2 Å². The zero-order chi connectivity index (χ0) is 68.2. The van der Waals surface area contributed by atoms with Crippen LogP contribution in [-0.4, -0.2) is 29.9 Å². The number of pyridine rings is 6. The first-order chi connectivity index (χ1) is 50.6. The standard InChI is InChI=1S/C56H34N4.C40H26N2.2Ir/c1-3-15-39(16-4-1)53-29-26-41(36-58-53)47-19-7-10-22-50(47)44-33-45(51-23-11-8-20-48(51)42-27-30-54(59-37-42)40-17-5-2-6-18-40)35-46(34-44)52-24-12-9-21-49(52)43-28-31-56(60-38-43)55-25-13-14-32-57-55;1-3-12-29(13-4-1)39-24-22-33(27-41-39)37-20-9-7-18-35(37)31-16-11-17-32(26-31)36-19-8-10-21-38(36)34-23-25-40(42-28-34)30-14-5-2-6-15-30;;/h1-15,17,19-24,26-30,32-38H;1-12,14,16-28H;;/q-4;-2;2*+3. The zero-order valence-electron chi connectivity index (χ0n) is 56.0. The first kappa shape index (κ1) is 68.7. The molecule has 8 heteroatoms. The van der Waals surface area contributed by atoms with E-state index < -0.39 is 0 Å². The van der Waals surface area contributed by atoms with E-state index in [1.165, 1.54) is 11.1 Å². The van der Waals surface area contributed by atoms with Gasteiger partial charge in [-0.1, -0.05) is 199 Å². The molecule has 0 amide bonds. The molecule has 0 N–H and O–H groups in total. The fourth-order valence-corrected chi connectivity index (χ4v) is 13.0. The molecule has 0 saturated heterocycles. The quantitative estimate of drug-likeness (QED) is 0.0952. The van der Waals surface area contributed by atoms with Gasteiger partial charge in [-0.2, -0.15) is 12.1 Å². The van der Waals surface area contributed by atoms with Crippen molar-refractivity contribution in [3.63, 3.8) is 0 Å². The van der Waals surface area contributed by atoms with E-state index in [4.69, 9.17) is 24.9 Å². The fraction of sp³-hybridized carbons (Fsp3) is 0. The van der Waals surface area contributed by atoms with Crippen LogP contribution in [0.2, 0.25) is 0 Å². The molecule has 0 saturated carbocycles. The Labute approximate surface area is 634 Å². The molecule has 6 aromatic heterocycles. The van der Waals surface area contributed by atoms with Gasteiger partial charge in [0.2, 0.25) is 0 Å². The molecular formula is C96H60Ir2N6. The van der Waals surface area contributed by atoms with E-state index in [2.05, 4.69) is 254 Å². The Balaban J connectivity index is 0.000000183. The van der Waals surface area contributed by atoms with Crippen molar-refractivity contribution >= 4 is 0 Å². The van der Waals surface area contributed by atoms with E-state index in [0.29, 0.717) is 11.4 Å². The van der Waals surface area contributed by atoms with Crippen molar-refractivity contribution in [2.24, 2.45) is 0 Å². The molecule has 0 fully saturated rings. The van der Waals surface area contributed by atoms with Crippen molar-refractivity contribution in [3.8, 4) is 168 Å². The first-order valence-electron chi connectivity index (χ1n) is 33.8.